The van der Waals surface area contributed by atoms with Gasteiger partial charge in [-0.25, -0.2) is 13.1 Å². The molecule has 0 atom stereocenters. The average molecular weight is 448 g/mol. The molecule has 1 amide bonds. The van der Waals surface area contributed by atoms with Gasteiger partial charge in [0, 0.05) is 19.5 Å². The normalized spacial score (nSPS) is 11.7. The van der Waals surface area contributed by atoms with Crippen molar-refractivity contribution in [1.82, 2.24) is 10.0 Å². The van der Waals surface area contributed by atoms with Gasteiger partial charge in [0.25, 0.3) is 0 Å². The molecule has 0 radical (unpaired) electrons. The van der Waals surface area contributed by atoms with Gasteiger partial charge in [-0.3, -0.25) is 4.79 Å². The summed E-state index contributed by atoms with van der Waals surface area (Å²) in [6.45, 7) is -0.0727. The molecule has 8 nitrogen and oxygen atoms in total. The minimum Gasteiger partial charge on any atom is -0.504 e. The number of amides is 1. The number of aromatic hydroxyl groups is 1. The summed E-state index contributed by atoms with van der Waals surface area (Å²) in [5.74, 6) is -0.772. The molecule has 3 N–H and O–H groups in total. The zero-order valence-electron chi connectivity index (χ0n) is 15.7. The molecule has 2 rings (SSSR count). The summed E-state index contributed by atoms with van der Waals surface area (Å²) in [4.78, 5) is 11.6. The number of carbonyl (C=O) groups is 1. The highest BCUT2D eigenvalue weighted by Gasteiger charge is 2.31. The zero-order chi connectivity index (χ0) is 22.4. The maximum absolute atomic E-state index is 12.1. The molecule has 0 saturated carbocycles. The van der Waals surface area contributed by atoms with Crippen molar-refractivity contribution in [2.75, 3.05) is 13.7 Å². The van der Waals surface area contributed by atoms with Gasteiger partial charge in [-0.05, 0) is 42.0 Å². The first-order valence-corrected chi connectivity index (χ1v) is 9.96. The van der Waals surface area contributed by atoms with Gasteiger partial charge >= 0.3 is 6.36 Å². The summed E-state index contributed by atoms with van der Waals surface area (Å²) in [7, 11) is -2.62. The molecule has 0 aliphatic rings. The van der Waals surface area contributed by atoms with Crippen LogP contribution in [-0.4, -0.2) is 39.4 Å². The van der Waals surface area contributed by atoms with E-state index in [2.05, 4.69) is 14.8 Å². The molecule has 12 heteroatoms. The number of ether oxygens (including phenoxy) is 2. The molecule has 30 heavy (non-hydrogen) atoms. The van der Waals surface area contributed by atoms with E-state index >= 15 is 0 Å². The Kier molecular flexibility index (Phi) is 7.51. The van der Waals surface area contributed by atoms with Gasteiger partial charge in [-0.1, -0.05) is 6.07 Å². The van der Waals surface area contributed by atoms with Crippen LogP contribution < -0.4 is 19.5 Å². The fraction of sp³-hybridized carbons (Fsp3) is 0.278. The van der Waals surface area contributed by atoms with Crippen LogP contribution in [0.5, 0.6) is 17.2 Å². The van der Waals surface area contributed by atoms with Crippen molar-refractivity contribution in [2.24, 2.45) is 0 Å². The lowest BCUT2D eigenvalue weighted by molar-refractivity contribution is -0.274. The number of alkyl halides is 3. The number of phenols is 1. The largest absolute Gasteiger partial charge is 0.573 e. The van der Waals surface area contributed by atoms with Gasteiger partial charge in [0.2, 0.25) is 15.9 Å². The molecule has 0 fully saturated rings. The number of halogens is 3. The summed E-state index contributed by atoms with van der Waals surface area (Å²) in [6.07, 6.45) is -5.04. The molecule has 0 heterocycles. The second-order valence-electron chi connectivity index (χ2n) is 5.95. The number of methoxy groups -OCH3 is 1. The number of benzene rings is 2. The summed E-state index contributed by atoms with van der Waals surface area (Å²) in [5.41, 5.74) is 0.666. The highest BCUT2D eigenvalue weighted by molar-refractivity contribution is 7.89. The lowest BCUT2D eigenvalue weighted by atomic mass is 10.2. The van der Waals surface area contributed by atoms with Crippen molar-refractivity contribution in [3.63, 3.8) is 0 Å². The number of hydrogen-bond acceptors (Lipinski definition) is 6. The molecule has 0 aromatic heterocycles. The monoisotopic (exact) mass is 448 g/mol. The van der Waals surface area contributed by atoms with Crippen molar-refractivity contribution in [1.29, 1.82) is 0 Å². The first-order valence-electron chi connectivity index (χ1n) is 8.48. The van der Waals surface area contributed by atoms with Crippen LogP contribution in [0, 0.1) is 0 Å². The molecule has 0 spiro atoms. The molecule has 0 unspecified atom stereocenters. The summed E-state index contributed by atoms with van der Waals surface area (Å²) < 4.78 is 71.5. The van der Waals surface area contributed by atoms with Crippen molar-refractivity contribution in [2.45, 2.75) is 24.2 Å². The lowest BCUT2D eigenvalue weighted by Crippen LogP contribution is -2.30. The Morgan fingerprint density at radius 1 is 1.13 bits per heavy atom. The number of carbonyl (C=O) groups excluding carboxylic acids is 1. The number of phenolic OH excluding ortho intramolecular Hbond substituents is 1. The smallest absolute Gasteiger partial charge is 0.504 e. The predicted molar refractivity (Wildman–Crippen MR) is 99.4 cm³/mol. The third kappa shape index (κ3) is 7.12. The van der Waals surface area contributed by atoms with E-state index in [1.165, 1.54) is 13.2 Å². The Morgan fingerprint density at radius 3 is 2.40 bits per heavy atom. The topological polar surface area (TPSA) is 114 Å². The minimum atomic E-state index is -4.88. The maximum Gasteiger partial charge on any atom is 0.573 e. The quantitative estimate of drug-likeness (QED) is 0.543. The highest BCUT2D eigenvalue weighted by Crippen LogP contribution is 2.26. The Morgan fingerprint density at radius 2 is 1.80 bits per heavy atom. The predicted octanol–water partition coefficient (Wildman–Crippen LogP) is 2.28. The molecule has 0 aliphatic carbocycles. The molecular formula is C18H19F3N2O6S. The van der Waals surface area contributed by atoms with Gasteiger partial charge < -0.3 is 19.9 Å². The first kappa shape index (κ1) is 23.3. The van der Waals surface area contributed by atoms with Crippen molar-refractivity contribution >= 4 is 15.9 Å². The Balaban J connectivity index is 1.82. The highest BCUT2D eigenvalue weighted by atomic mass is 32.2. The minimum absolute atomic E-state index is 0.0417. The average Bonchev–Trinajstić information content (AvgIpc) is 2.66. The second kappa shape index (κ2) is 9.67. The number of sulfonamides is 1. The van der Waals surface area contributed by atoms with E-state index in [9.17, 15) is 31.5 Å². The SMILES string of the molecule is COc1cc(CNC(=O)CCNS(=O)(=O)c2ccc(OC(F)(F)F)cc2)ccc1O. The summed E-state index contributed by atoms with van der Waals surface area (Å²) in [6, 6.07) is 8.22. The first-order chi connectivity index (χ1) is 14.0. The van der Waals surface area contributed by atoms with Crippen LogP contribution in [0.15, 0.2) is 47.4 Å². The molecule has 0 aliphatic heterocycles. The van der Waals surface area contributed by atoms with Crippen LogP contribution in [0.4, 0.5) is 13.2 Å². The van der Waals surface area contributed by atoms with Crippen molar-refractivity contribution in [3.05, 3.63) is 48.0 Å². The van der Waals surface area contributed by atoms with E-state index in [-0.39, 0.29) is 35.9 Å². The van der Waals surface area contributed by atoms with Crippen molar-refractivity contribution in [3.8, 4) is 17.2 Å². The molecule has 2 aromatic rings. The second-order valence-corrected chi connectivity index (χ2v) is 7.72. The number of nitrogens with one attached hydrogen (secondary N) is 2. The van der Waals surface area contributed by atoms with E-state index < -0.39 is 28.0 Å². The Labute approximate surface area is 170 Å². The van der Waals surface area contributed by atoms with E-state index in [1.54, 1.807) is 12.1 Å². The molecule has 2 aromatic carbocycles. The van der Waals surface area contributed by atoms with Gasteiger partial charge in [-0.15, -0.1) is 13.2 Å². The Hall–Kier alpha value is -2.99. The van der Waals surface area contributed by atoms with E-state index in [0.29, 0.717) is 5.56 Å². The molecule has 0 bridgehead atoms. The molecule has 164 valence electrons. The van der Waals surface area contributed by atoms with Crippen LogP contribution in [-0.2, 0) is 21.4 Å². The van der Waals surface area contributed by atoms with Crippen LogP contribution in [0.2, 0.25) is 0 Å². The van der Waals surface area contributed by atoms with E-state index in [1.807, 2.05) is 0 Å². The Bertz CT molecular complexity index is 978. The fourth-order valence-corrected chi connectivity index (χ4v) is 3.36. The standard InChI is InChI=1S/C18H19F3N2O6S/c1-28-16-10-12(2-7-15(16)24)11-22-17(25)8-9-23-30(26,27)14-5-3-13(4-6-14)29-18(19,20)21/h2-7,10,23-24H,8-9,11H2,1H3,(H,22,25). The van der Waals surface area contributed by atoms with Crippen molar-refractivity contribution < 1.29 is 41.0 Å². The van der Waals surface area contributed by atoms with Gasteiger partial charge in [-0.2, -0.15) is 0 Å². The summed E-state index contributed by atoms with van der Waals surface area (Å²) in [5, 5.41) is 12.1. The zero-order valence-corrected chi connectivity index (χ0v) is 16.5. The van der Waals surface area contributed by atoms with Crippen LogP contribution in [0.3, 0.4) is 0 Å². The molecular weight excluding hydrogens is 429 g/mol. The van der Waals surface area contributed by atoms with E-state index in [0.717, 1.165) is 24.3 Å². The fourth-order valence-electron chi connectivity index (χ4n) is 2.32. The van der Waals surface area contributed by atoms with Crippen LogP contribution in [0.25, 0.3) is 0 Å². The number of rotatable bonds is 9. The third-order valence-electron chi connectivity index (χ3n) is 3.75. The third-order valence-corrected chi connectivity index (χ3v) is 5.22. The van der Waals surface area contributed by atoms with Crippen LogP contribution in [0.1, 0.15) is 12.0 Å². The van der Waals surface area contributed by atoms with Gasteiger partial charge in [0.15, 0.2) is 11.5 Å². The van der Waals surface area contributed by atoms with Gasteiger partial charge in [0.1, 0.15) is 5.75 Å². The van der Waals surface area contributed by atoms with Gasteiger partial charge in [0.05, 0.1) is 12.0 Å². The number of hydrogen-bond donors (Lipinski definition) is 3. The van der Waals surface area contributed by atoms with Crippen LogP contribution >= 0.6 is 0 Å². The molecule has 0 saturated heterocycles. The van der Waals surface area contributed by atoms with E-state index in [4.69, 9.17) is 4.74 Å². The summed E-state index contributed by atoms with van der Waals surface area (Å²) >= 11 is 0. The lowest BCUT2D eigenvalue weighted by Gasteiger charge is -2.10. The maximum atomic E-state index is 12.1.